The molecule has 90 valence electrons. The van der Waals surface area contributed by atoms with Gasteiger partial charge in [-0.25, -0.2) is 9.83 Å². The molecule has 2 rings (SSSR count). The zero-order valence-electron chi connectivity index (χ0n) is 10.5. The monoisotopic (exact) mass is 232 g/mol. The van der Waals surface area contributed by atoms with Gasteiger partial charge in [0.15, 0.2) is 11.6 Å². The van der Waals surface area contributed by atoms with Crippen molar-refractivity contribution in [2.24, 2.45) is 4.99 Å². The largest absolute Gasteiger partial charge is 0.272 e. The molecule has 1 aliphatic heterocycles. The van der Waals surface area contributed by atoms with Crippen LogP contribution in [0, 0.1) is 6.92 Å². The summed E-state index contributed by atoms with van der Waals surface area (Å²) < 4.78 is 0. The lowest BCUT2D eigenvalue weighted by Gasteiger charge is -2.18. The maximum Gasteiger partial charge on any atom is 0.249 e. The van der Waals surface area contributed by atoms with Crippen molar-refractivity contribution < 1.29 is 9.63 Å². The number of benzene rings is 1. The number of amides is 1. The Morgan fingerprint density at radius 3 is 2.41 bits per heavy atom. The molecule has 0 spiro atoms. The molecule has 0 N–H and O–H groups in total. The Labute approximate surface area is 101 Å². The second-order valence-corrected chi connectivity index (χ2v) is 4.65. The van der Waals surface area contributed by atoms with Gasteiger partial charge in [0, 0.05) is 12.5 Å². The van der Waals surface area contributed by atoms with Gasteiger partial charge in [-0.3, -0.25) is 4.79 Å². The van der Waals surface area contributed by atoms with E-state index < -0.39 is 5.72 Å². The first-order chi connectivity index (χ1) is 7.89. The number of aryl methyl sites for hydroxylation is 1. The number of aliphatic imine (C=N–C) groups is 1. The third-order valence-electron chi connectivity index (χ3n) is 2.48. The van der Waals surface area contributed by atoms with E-state index in [1.54, 1.807) is 0 Å². The fourth-order valence-corrected chi connectivity index (χ4v) is 1.69. The maximum atomic E-state index is 11.5. The topological polar surface area (TPSA) is 41.9 Å². The van der Waals surface area contributed by atoms with Crippen molar-refractivity contribution in [3.8, 4) is 0 Å². The molecule has 17 heavy (non-hydrogen) atoms. The van der Waals surface area contributed by atoms with E-state index in [2.05, 4.69) is 4.99 Å². The van der Waals surface area contributed by atoms with Crippen molar-refractivity contribution >= 4 is 11.7 Å². The molecule has 1 aromatic carbocycles. The van der Waals surface area contributed by atoms with Crippen LogP contribution in [0.4, 0.5) is 0 Å². The molecule has 0 aromatic heterocycles. The van der Waals surface area contributed by atoms with E-state index >= 15 is 0 Å². The van der Waals surface area contributed by atoms with E-state index in [4.69, 9.17) is 4.84 Å². The van der Waals surface area contributed by atoms with E-state index in [-0.39, 0.29) is 5.91 Å². The number of hydrogen-bond donors (Lipinski definition) is 0. The summed E-state index contributed by atoms with van der Waals surface area (Å²) >= 11 is 0. The van der Waals surface area contributed by atoms with Crippen molar-refractivity contribution in [2.45, 2.75) is 33.4 Å². The minimum atomic E-state index is -0.689. The summed E-state index contributed by atoms with van der Waals surface area (Å²) in [6.45, 7) is 7.13. The average molecular weight is 232 g/mol. The number of hydrogen-bond acceptors (Lipinski definition) is 3. The average Bonchev–Trinajstić information content (AvgIpc) is 2.56. The van der Waals surface area contributed by atoms with E-state index in [0.717, 1.165) is 5.56 Å². The molecule has 0 radical (unpaired) electrons. The Kier molecular flexibility index (Phi) is 2.75. The van der Waals surface area contributed by atoms with Crippen molar-refractivity contribution in [3.63, 3.8) is 0 Å². The van der Waals surface area contributed by atoms with Gasteiger partial charge in [0.2, 0.25) is 5.91 Å². The highest BCUT2D eigenvalue weighted by Gasteiger charge is 2.35. The highest BCUT2D eigenvalue weighted by atomic mass is 16.7. The number of amidine groups is 1. The smallest absolute Gasteiger partial charge is 0.249 e. The van der Waals surface area contributed by atoms with Gasteiger partial charge in [-0.05, 0) is 20.8 Å². The lowest BCUT2D eigenvalue weighted by atomic mass is 10.1. The molecule has 0 aliphatic carbocycles. The van der Waals surface area contributed by atoms with Crippen LogP contribution in [0.5, 0.6) is 0 Å². The first-order valence-corrected chi connectivity index (χ1v) is 5.56. The quantitative estimate of drug-likeness (QED) is 0.745. The van der Waals surface area contributed by atoms with Crippen molar-refractivity contribution in [1.29, 1.82) is 0 Å². The van der Waals surface area contributed by atoms with Crippen LogP contribution in [-0.2, 0) is 9.63 Å². The third kappa shape index (κ3) is 2.36. The molecule has 0 fully saturated rings. The first kappa shape index (κ1) is 11.8. The molecule has 4 heteroatoms. The molecule has 0 saturated carbocycles. The molecule has 0 unspecified atom stereocenters. The molecule has 0 saturated heterocycles. The van der Waals surface area contributed by atoms with Crippen LogP contribution >= 0.6 is 0 Å². The van der Waals surface area contributed by atoms with Crippen LogP contribution in [0.1, 0.15) is 31.9 Å². The zero-order chi connectivity index (χ0) is 12.6. The van der Waals surface area contributed by atoms with E-state index in [9.17, 15) is 4.79 Å². The van der Waals surface area contributed by atoms with Gasteiger partial charge in [-0.1, -0.05) is 29.8 Å². The van der Waals surface area contributed by atoms with Gasteiger partial charge in [0.05, 0.1) is 0 Å². The Morgan fingerprint density at radius 1 is 1.29 bits per heavy atom. The molecule has 1 heterocycles. The normalized spacial score (nSPS) is 18.1. The Morgan fingerprint density at radius 2 is 1.88 bits per heavy atom. The molecule has 4 nitrogen and oxygen atoms in total. The van der Waals surface area contributed by atoms with Gasteiger partial charge >= 0.3 is 0 Å². The van der Waals surface area contributed by atoms with Gasteiger partial charge in [0.25, 0.3) is 0 Å². The molecule has 0 atom stereocenters. The van der Waals surface area contributed by atoms with Crippen molar-refractivity contribution in [3.05, 3.63) is 35.4 Å². The molecular weight excluding hydrogens is 216 g/mol. The van der Waals surface area contributed by atoms with Crippen LogP contribution in [0.15, 0.2) is 29.3 Å². The molecule has 1 amide bonds. The highest BCUT2D eigenvalue weighted by molar-refractivity contribution is 6.07. The lowest BCUT2D eigenvalue weighted by molar-refractivity contribution is -0.183. The number of rotatable bonds is 1. The fourth-order valence-electron chi connectivity index (χ4n) is 1.69. The number of hydroxylamine groups is 2. The minimum Gasteiger partial charge on any atom is -0.272 e. The number of carbonyl (C=O) groups excluding carboxylic acids is 1. The van der Waals surface area contributed by atoms with E-state index in [1.165, 1.54) is 17.6 Å². The number of carbonyl (C=O) groups is 1. The van der Waals surface area contributed by atoms with Crippen LogP contribution in [0.3, 0.4) is 0 Å². The molecule has 1 aliphatic rings. The SMILES string of the molecule is CC(=O)N1OC(C)(C)N=C1c1ccc(C)cc1. The predicted octanol–water partition coefficient (Wildman–Crippen LogP) is 2.27. The second kappa shape index (κ2) is 3.96. The number of nitrogens with zero attached hydrogens (tertiary/aromatic N) is 2. The summed E-state index contributed by atoms with van der Waals surface area (Å²) in [6.07, 6.45) is 0. The maximum absolute atomic E-state index is 11.5. The Bertz CT molecular complexity index is 475. The molecule has 1 aromatic rings. The van der Waals surface area contributed by atoms with E-state index in [1.807, 2.05) is 45.0 Å². The van der Waals surface area contributed by atoms with Crippen molar-refractivity contribution in [1.82, 2.24) is 5.06 Å². The van der Waals surface area contributed by atoms with Crippen LogP contribution < -0.4 is 0 Å². The summed E-state index contributed by atoms with van der Waals surface area (Å²) in [5.74, 6) is 0.400. The summed E-state index contributed by atoms with van der Waals surface area (Å²) in [6, 6.07) is 7.85. The lowest BCUT2D eigenvalue weighted by Crippen LogP contribution is -2.34. The summed E-state index contributed by atoms with van der Waals surface area (Å²) in [4.78, 5) is 21.4. The summed E-state index contributed by atoms with van der Waals surface area (Å²) in [7, 11) is 0. The van der Waals surface area contributed by atoms with Crippen LogP contribution in [-0.4, -0.2) is 22.5 Å². The van der Waals surface area contributed by atoms with Crippen molar-refractivity contribution in [2.75, 3.05) is 0 Å². The van der Waals surface area contributed by atoms with Gasteiger partial charge in [-0.15, -0.1) is 0 Å². The third-order valence-corrected chi connectivity index (χ3v) is 2.48. The van der Waals surface area contributed by atoms with Gasteiger partial charge in [-0.2, -0.15) is 5.06 Å². The Hall–Kier alpha value is -1.68. The van der Waals surface area contributed by atoms with Crippen LogP contribution in [0.25, 0.3) is 0 Å². The van der Waals surface area contributed by atoms with E-state index in [0.29, 0.717) is 5.84 Å². The minimum absolute atomic E-state index is 0.171. The molecule has 0 bridgehead atoms. The van der Waals surface area contributed by atoms with Crippen LogP contribution in [0.2, 0.25) is 0 Å². The highest BCUT2D eigenvalue weighted by Crippen LogP contribution is 2.25. The zero-order valence-corrected chi connectivity index (χ0v) is 10.5. The summed E-state index contributed by atoms with van der Waals surface area (Å²) in [5.41, 5.74) is 1.37. The second-order valence-electron chi connectivity index (χ2n) is 4.65. The standard InChI is InChI=1S/C13H16N2O2/c1-9-5-7-11(8-6-9)12-14-13(3,4)17-15(12)10(2)16/h5-8H,1-4H3. The summed E-state index contributed by atoms with van der Waals surface area (Å²) in [5, 5.41) is 1.25. The van der Waals surface area contributed by atoms with Gasteiger partial charge < -0.3 is 0 Å². The first-order valence-electron chi connectivity index (χ1n) is 5.56. The fraction of sp³-hybridized carbons (Fsp3) is 0.385. The predicted molar refractivity (Wildman–Crippen MR) is 65.4 cm³/mol. The molecular formula is C13H16N2O2. The van der Waals surface area contributed by atoms with Gasteiger partial charge in [0.1, 0.15) is 0 Å². The Balaban J connectivity index is 2.41.